The van der Waals surface area contributed by atoms with Crippen LogP contribution >= 0.6 is 0 Å². The molecule has 1 aromatic rings. The van der Waals surface area contributed by atoms with Gasteiger partial charge in [0.05, 0.1) is 11.7 Å². The number of carbonyl (C=O) groups is 2. The molecular formula is C16H20N2O4. The quantitative estimate of drug-likeness (QED) is 0.863. The molecule has 0 aromatic heterocycles. The van der Waals surface area contributed by atoms with Crippen molar-refractivity contribution in [3.8, 4) is 0 Å². The average Bonchev–Trinajstić information content (AvgIpc) is 3.00. The van der Waals surface area contributed by atoms with E-state index in [2.05, 4.69) is 5.32 Å². The van der Waals surface area contributed by atoms with Crippen molar-refractivity contribution in [3.05, 3.63) is 29.8 Å². The van der Waals surface area contributed by atoms with Gasteiger partial charge in [0.2, 0.25) is 0 Å². The number of anilines is 1. The Morgan fingerprint density at radius 3 is 2.77 bits per heavy atom. The fraction of sp³-hybridized carbons (Fsp3) is 0.500. The third kappa shape index (κ3) is 3.39. The lowest BCUT2D eigenvalue weighted by Crippen LogP contribution is -2.27. The molecule has 0 aliphatic carbocycles. The molecule has 2 aliphatic heterocycles. The van der Waals surface area contributed by atoms with Gasteiger partial charge in [-0.25, -0.2) is 9.59 Å². The Bertz CT molecular complexity index is 538. The number of rotatable bonds is 4. The van der Waals surface area contributed by atoms with Crippen LogP contribution in [0.25, 0.3) is 0 Å². The van der Waals surface area contributed by atoms with Crippen molar-refractivity contribution in [1.29, 1.82) is 0 Å². The van der Waals surface area contributed by atoms with Gasteiger partial charge in [0, 0.05) is 25.4 Å². The molecule has 0 radical (unpaired) electrons. The van der Waals surface area contributed by atoms with Crippen LogP contribution < -0.4 is 10.2 Å². The van der Waals surface area contributed by atoms with Crippen LogP contribution in [0.4, 0.5) is 10.5 Å². The number of urea groups is 1. The molecule has 2 fully saturated rings. The van der Waals surface area contributed by atoms with Crippen molar-refractivity contribution in [3.63, 3.8) is 0 Å². The van der Waals surface area contributed by atoms with Gasteiger partial charge in [-0.3, -0.25) is 4.90 Å². The molecule has 2 heterocycles. The van der Waals surface area contributed by atoms with E-state index < -0.39 is 0 Å². The van der Waals surface area contributed by atoms with Crippen LogP contribution in [-0.4, -0.2) is 44.4 Å². The number of hydrogen-bond donors (Lipinski definition) is 1. The van der Waals surface area contributed by atoms with Gasteiger partial charge in [0.15, 0.2) is 0 Å². The molecule has 1 unspecified atom stereocenters. The highest BCUT2D eigenvalue weighted by Crippen LogP contribution is 2.18. The smallest absolute Gasteiger partial charge is 0.338 e. The lowest BCUT2D eigenvalue weighted by molar-refractivity contribution is -0.0300. The SMILES string of the molecule is O=C(OCC1CCCCO1)c1ccc(N2CCNC2=O)cc1. The second-order valence-electron chi connectivity index (χ2n) is 5.52. The van der Waals surface area contributed by atoms with Crippen molar-refractivity contribution in [2.24, 2.45) is 0 Å². The van der Waals surface area contributed by atoms with Gasteiger partial charge in [-0.05, 0) is 43.5 Å². The lowest BCUT2D eigenvalue weighted by Gasteiger charge is -2.22. The van der Waals surface area contributed by atoms with E-state index in [0.717, 1.165) is 31.6 Å². The Morgan fingerprint density at radius 2 is 2.14 bits per heavy atom. The summed E-state index contributed by atoms with van der Waals surface area (Å²) in [7, 11) is 0. The highest BCUT2D eigenvalue weighted by molar-refractivity contribution is 5.95. The van der Waals surface area contributed by atoms with Gasteiger partial charge in [-0.2, -0.15) is 0 Å². The van der Waals surface area contributed by atoms with Gasteiger partial charge < -0.3 is 14.8 Å². The fourth-order valence-corrected chi connectivity index (χ4v) is 2.69. The number of amides is 2. The topological polar surface area (TPSA) is 67.9 Å². The fourth-order valence-electron chi connectivity index (χ4n) is 2.69. The summed E-state index contributed by atoms with van der Waals surface area (Å²) in [5.74, 6) is -0.355. The predicted octanol–water partition coefficient (Wildman–Crippen LogP) is 1.94. The first-order valence-corrected chi connectivity index (χ1v) is 7.68. The van der Waals surface area contributed by atoms with Crippen molar-refractivity contribution >= 4 is 17.7 Å². The Morgan fingerprint density at radius 1 is 1.32 bits per heavy atom. The molecule has 22 heavy (non-hydrogen) atoms. The van der Waals surface area contributed by atoms with Gasteiger partial charge in [-0.15, -0.1) is 0 Å². The van der Waals surface area contributed by atoms with Gasteiger partial charge >= 0.3 is 12.0 Å². The van der Waals surface area contributed by atoms with E-state index in [1.807, 2.05) is 0 Å². The monoisotopic (exact) mass is 304 g/mol. The molecular weight excluding hydrogens is 284 g/mol. The second-order valence-corrected chi connectivity index (χ2v) is 5.52. The van der Waals surface area contributed by atoms with E-state index in [1.165, 1.54) is 0 Å². The van der Waals surface area contributed by atoms with Crippen LogP contribution in [-0.2, 0) is 9.47 Å². The summed E-state index contributed by atoms with van der Waals surface area (Å²) in [4.78, 5) is 25.2. The Kier molecular flexibility index (Phi) is 4.58. The van der Waals surface area contributed by atoms with Crippen molar-refractivity contribution < 1.29 is 19.1 Å². The van der Waals surface area contributed by atoms with Crippen LogP contribution in [0.15, 0.2) is 24.3 Å². The zero-order chi connectivity index (χ0) is 15.4. The van der Waals surface area contributed by atoms with Crippen molar-refractivity contribution in [2.75, 3.05) is 31.2 Å². The molecule has 0 spiro atoms. The molecule has 118 valence electrons. The maximum Gasteiger partial charge on any atom is 0.338 e. The van der Waals surface area contributed by atoms with E-state index in [-0.39, 0.29) is 18.1 Å². The first kappa shape index (κ1) is 14.8. The van der Waals surface area contributed by atoms with Crippen LogP contribution in [0, 0.1) is 0 Å². The predicted molar refractivity (Wildman–Crippen MR) is 81.1 cm³/mol. The molecule has 2 saturated heterocycles. The summed E-state index contributed by atoms with van der Waals surface area (Å²) in [6, 6.07) is 6.79. The van der Waals surface area contributed by atoms with Gasteiger partial charge in [-0.1, -0.05) is 0 Å². The maximum absolute atomic E-state index is 12.0. The molecule has 0 bridgehead atoms. The molecule has 1 N–H and O–H groups in total. The summed E-state index contributed by atoms with van der Waals surface area (Å²) < 4.78 is 10.8. The molecule has 0 saturated carbocycles. The summed E-state index contributed by atoms with van der Waals surface area (Å²) in [6.45, 7) is 2.33. The van der Waals surface area contributed by atoms with E-state index in [1.54, 1.807) is 29.2 Å². The molecule has 1 aromatic carbocycles. The zero-order valence-electron chi connectivity index (χ0n) is 12.4. The minimum Gasteiger partial charge on any atom is -0.459 e. The average molecular weight is 304 g/mol. The Balaban J connectivity index is 1.55. The minimum absolute atomic E-state index is 0.0188. The van der Waals surface area contributed by atoms with Crippen LogP contribution in [0.3, 0.4) is 0 Å². The van der Waals surface area contributed by atoms with E-state index in [0.29, 0.717) is 25.3 Å². The number of benzene rings is 1. The zero-order valence-corrected chi connectivity index (χ0v) is 12.4. The molecule has 2 aliphatic rings. The third-order valence-electron chi connectivity index (χ3n) is 3.95. The number of carbonyl (C=O) groups excluding carboxylic acids is 2. The number of nitrogens with zero attached hydrogens (tertiary/aromatic N) is 1. The lowest BCUT2D eigenvalue weighted by atomic mass is 10.1. The van der Waals surface area contributed by atoms with Gasteiger partial charge in [0.25, 0.3) is 0 Å². The van der Waals surface area contributed by atoms with Crippen LogP contribution in [0.2, 0.25) is 0 Å². The van der Waals surface area contributed by atoms with Crippen LogP contribution in [0.1, 0.15) is 29.6 Å². The molecule has 1 atom stereocenters. The first-order chi connectivity index (χ1) is 10.7. The third-order valence-corrected chi connectivity index (χ3v) is 3.95. The standard InChI is InChI=1S/C16H20N2O4/c19-15(22-11-14-3-1-2-10-21-14)12-4-6-13(7-5-12)18-9-8-17-16(18)20/h4-7,14H,1-3,8-11H2,(H,17,20). The summed E-state index contributed by atoms with van der Waals surface area (Å²) in [5, 5.41) is 2.74. The normalized spacial score (nSPS) is 21.5. The molecule has 6 heteroatoms. The Labute approximate surface area is 129 Å². The minimum atomic E-state index is -0.355. The first-order valence-electron chi connectivity index (χ1n) is 7.68. The maximum atomic E-state index is 12.0. The van der Waals surface area contributed by atoms with Gasteiger partial charge in [0.1, 0.15) is 6.61 Å². The molecule has 3 rings (SSSR count). The molecule has 6 nitrogen and oxygen atoms in total. The highest BCUT2D eigenvalue weighted by atomic mass is 16.6. The summed E-state index contributed by atoms with van der Waals surface area (Å²) >= 11 is 0. The summed E-state index contributed by atoms with van der Waals surface area (Å²) in [5.41, 5.74) is 1.27. The van der Waals surface area contributed by atoms with Crippen molar-refractivity contribution in [1.82, 2.24) is 5.32 Å². The van der Waals surface area contributed by atoms with E-state index in [9.17, 15) is 9.59 Å². The second kappa shape index (κ2) is 6.79. The summed E-state index contributed by atoms with van der Waals surface area (Å²) in [6.07, 6.45) is 3.16. The van der Waals surface area contributed by atoms with E-state index in [4.69, 9.17) is 9.47 Å². The van der Waals surface area contributed by atoms with E-state index >= 15 is 0 Å². The molecule has 2 amide bonds. The highest BCUT2D eigenvalue weighted by Gasteiger charge is 2.21. The number of esters is 1. The van der Waals surface area contributed by atoms with Crippen LogP contribution in [0.5, 0.6) is 0 Å². The largest absolute Gasteiger partial charge is 0.459 e. The Hall–Kier alpha value is -2.08. The number of nitrogens with one attached hydrogen (secondary N) is 1. The van der Waals surface area contributed by atoms with Crippen molar-refractivity contribution in [2.45, 2.75) is 25.4 Å². The number of hydrogen-bond acceptors (Lipinski definition) is 4. The number of ether oxygens (including phenoxy) is 2.